The summed E-state index contributed by atoms with van der Waals surface area (Å²) in [6, 6.07) is 1.58. The molecule has 0 fully saturated rings. The van der Waals surface area contributed by atoms with Gasteiger partial charge >= 0.3 is 0 Å². The molecule has 0 amide bonds. The summed E-state index contributed by atoms with van der Waals surface area (Å²) in [5.41, 5.74) is 2.96. The van der Waals surface area contributed by atoms with Crippen LogP contribution in [0.3, 0.4) is 0 Å². The van der Waals surface area contributed by atoms with Crippen molar-refractivity contribution in [1.29, 1.82) is 0 Å². The highest BCUT2D eigenvalue weighted by molar-refractivity contribution is 7.86. The Morgan fingerprint density at radius 3 is 2.33 bits per heavy atom. The molecule has 1 rings (SSSR count). The van der Waals surface area contributed by atoms with Gasteiger partial charge in [-0.3, -0.25) is 4.55 Å². The van der Waals surface area contributed by atoms with Crippen LogP contribution in [0.2, 0.25) is 13.1 Å². The normalized spacial score (nSPS) is 11.9. The number of benzene rings is 1. The first kappa shape index (κ1) is 15.1. The maximum Gasteiger partial charge on any atom is 0.294 e. The van der Waals surface area contributed by atoms with Crippen molar-refractivity contribution in [2.24, 2.45) is 0 Å². The van der Waals surface area contributed by atoms with Crippen molar-refractivity contribution < 1.29 is 13.0 Å². The minimum atomic E-state index is -4.16. The van der Waals surface area contributed by atoms with E-state index < -0.39 is 18.9 Å². The molecule has 0 saturated carbocycles. The lowest BCUT2D eigenvalue weighted by atomic mass is 10.00. The SMILES string of the molecule is C=CCc1c(C)cc(S(=O)(=O)O)c([Si](C)C)c1C. The summed E-state index contributed by atoms with van der Waals surface area (Å²) < 4.78 is 32.3. The first-order chi connectivity index (χ1) is 8.20. The summed E-state index contributed by atoms with van der Waals surface area (Å²) in [4.78, 5) is 0.0733. The third kappa shape index (κ3) is 2.91. The Labute approximate surface area is 111 Å². The molecule has 0 atom stereocenters. The fourth-order valence-corrected chi connectivity index (χ4v) is 5.47. The summed E-state index contributed by atoms with van der Waals surface area (Å²) >= 11 is 0. The van der Waals surface area contributed by atoms with Crippen LogP contribution < -0.4 is 5.19 Å². The van der Waals surface area contributed by atoms with E-state index in [-0.39, 0.29) is 4.90 Å². The van der Waals surface area contributed by atoms with E-state index in [2.05, 4.69) is 6.58 Å². The maximum absolute atomic E-state index is 11.5. The molecule has 0 unspecified atom stereocenters. The highest BCUT2D eigenvalue weighted by Crippen LogP contribution is 2.20. The van der Waals surface area contributed by atoms with Crippen LogP contribution in [0.5, 0.6) is 0 Å². The predicted molar refractivity (Wildman–Crippen MR) is 76.7 cm³/mol. The maximum atomic E-state index is 11.5. The zero-order chi connectivity index (χ0) is 14.1. The summed E-state index contributed by atoms with van der Waals surface area (Å²) in [5.74, 6) is 0. The van der Waals surface area contributed by atoms with Gasteiger partial charge in [-0.25, -0.2) is 0 Å². The zero-order valence-corrected chi connectivity index (χ0v) is 13.1. The second-order valence-electron chi connectivity index (χ2n) is 4.64. The first-order valence-corrected chi connectivity index (χ1v) is 9.66. The average Bonchev–Trinajstić information content (AvgIpc) is 2.21. The number of rotatable bonds is 4. The molecule has 0 aliphatic rings. The van der Waals surface area contributed by atoms with Crippen LogP contribution >= 0.6 is 0 Å². The summed E-state index contributed by atoms with van der Waals surface area (Å²) in [6.45, 7) is 11.6. The molecule has 1 aromatic carbocycles. The van der Waals surface area contributed by atoms with Gasteiger partial charge in [0.1, 0.15) is 0 Å². The van der Waals surface area contributed by atoms with Gasteiger partial charge in [0.15, 0.2) is 0 Å². The molecule has 3 nitrogen and oxygen atoms in total. The molecule has 0 aliphatic carbocycles. The van der Waals surface area contributed by atoms with Gasteiger partial charge in [0, 0.05) is 0 Å². The van der Waals surface area contributed by atoms with E-state index in [1.165, 1.54) is 0 Å². The number of aryl methyl sites for hydroxylation is 1. The van der Waals surface area contributed by atoms with Crippen LogP contribution in [0.1, 0.15) is 16.7 Å². The van der Waals surface area contributed by atoms with E-state index >= 15 is 0 Å². The fraction of sp³-hybridized carbons (Fsp3) is 0.385. The second kappa shape index (κ2) is 5.38. The molecule has 18 heavy (non-hydrogen) atoms. The highest BCUT2D eigenvalue weighted by atomic mass is 32.2. The minimum absolute atomic E-state index is 0.0733. The molecule has 0 saturated heterocycles. The van der Waals surface area contributed by atoms with E-state index in [1.54, 1.807) is 6.07 Å². The van der Waals surface area contributed by atoms with Crippen molar-refractivity contribution in [3.8, 4) is 0 Å². The third-order valence-electron chi connectivity index (χ3n) is 3.02. The molecule has 1 radical (unpaired) electrons. The second-order valence-corrected chi connectivity index (χ2v) is 8.53. The van der Waals surface area contributed by atoms with Crippen molar-refractivity contribution in [1.82, 2.24) is 0 Å². The highest BCUT2D eigenvalue weighted by Gasteiger charge is 2.22. The van der Waals surface area contributed by atoms with E-state index in [0.29, 0.717) is 6.42 Å². The van der Waals surface area contributed by atoms with Gasteiger partial charge < -0.3 is 0 Å². The molecule has 99 valence electrons. The van der Waals surface area contributed by atoms with Crippen LogP contribution in [-0.2, 0) is 16.5 Å². The number of allylic oxidation sites excluding steroid dienone is 1. The molecule has 0 heterocycles. The fourth-order valence-electron chi connectivity index (χ4n) is 2.27. The van der Waals surface area contributed by atoms with E-state index in [0.717, 1.165) is 21.9 Å². The van der Waals surface area contributed by atoms with E-state index in [9.17, 15) is 13.0 Å². The lowest BCUT2D eigenvalue weighted by Gasteiger charge is -2.18. The lowest BCUT2D eigenvalue weighted by molar-refractivity contribution is 0.483. The smallest absolute Gasteiger partial charge is 0.282 e. The Kier molecular flexibility index (Phi) is 4.53. The van der Waals surface area contributed by atoms with Gasteiger partial charge in [-0.15, -0.1) is 6.58 Å². The predicted octanol–water partition coefficient (Wildman–Crippen LogP) is 2.24. The molecule has 5 heteroatoms. The van der Waals surface area contributed by atoms with Gasteiger partial charge in [-0.05, 0) is 48.2 Å². The summed E-state index contributed by atoms with van der Waals surface area (Å²) in [5, 5.41) is 0.796. The van der Waals surface area contributed by atoms with Crippen molar-refractivity contribution in [3.05, 3.63) is 35.4 Å². The topological polar surface area (TPSA) is 54.4 Å². The molecule has 0 aliphatic heterocycles. The van der Waals surface area contributed by atoms with Crippen molar-refractivity contribution in [2.45, 2.75) is 38.3 Å². The van der Waals surface area contributed by atoms with Crippen molar-refractivity contribution in [2.75, 3.05) is 0 Å². The molecule has 1 aromatic rings. The molecule has 0 spiro atoms. The van der Waals surface area contributed by atoms with Crippen LogP contribution in [0.4, 0.5) is 0 Å². The van der Waals surface area contributed by atoms with Gasteiger partial charge in [0.25, 0.3) is 10.1 Å². The molecule has 1 N–H and O–H groups in total. The van der Waals surface area contributed by atoms with Gasteiger partial charge in [-0.1, -0.05) is 19.2 Å². The minimum Gasteiger partial charge on any atom is -0.282 e. The number of hydrogen-bond donors (Lipinski definition) is 1. The summed E-state index contributed by atoms with van der Waals surface area (Å²) in [7, 11) is -5.14. The average molecular weight is 283 g/mol. The van der Waals surface area contributed by atoms with E-state index in [1.807, 2.05) is 33.0 Å². The molecular weight excluding hydrogens is 264 g/mol. The molecular formula is C13H19O3SSi. The molecule has 0 bridgehead atoms. The number of hydrogen-bond acceptors (Lipinski definition) is 2. The van der Waals surface area contributed by atoms with Crippen LogP contribution in [-0.4, -0.2) is 21.8 Å². The Hall–Kier alpha value is -0.913. The van der Waals surface area contributed by atoms with Gasteiger partial charge in [0.05, 0.1) is 13.7 Å². The van der Waals surface area contributed by atoms with Crippen molar-refractivity contribution >= 4 is 24.1 Å². The standard InChI is InChI=1S/C13H19O3SSi/c1-6-7-11-9(2)8-12(17(14,15)16)13(10(11)3)18(4)5/h6,8H,1,7H2,2-5H3,(H,14,15,16). The Morgan fingerprint density at radius 2 is 1.94 bits per heavy atom. The summed E-state index contributed by atoms with van der Waals surface area (Å²) in [6.07, 6.45) is 2.52. The van der Waals surface area contributed by atoms with Gasteiger partial charge in [-0.2, -0.15) is 8.42 Å². The van der Waals surface area contributed by atoms with Gasteiger partial charge in [0.2, 0.25) is 0 Å². The quantitative estimate of drug-likeness (QED) is 0.524. The lowest BCUT2D eigenvalue weighted by Crippen LogP contribution is -2.32. The Morgan fingerprint density at radius 1 is 1.39 bits per heavy atom. The Bertz CT molecular complexity index is 574. The van der Waals surface area contributed by atoms with E-state index in [4.69, 9.17) is 0 Å². The van der Waals surface area contributed by atoms with Crippen LogP contribution in [0.15, 0.2) is 23.6 Å². The Balaban J connectivity index is 3.72. The monoisotopic (exact) mass is 283 g/mol. The third-order valence-corrected chi connectivity index (χ3v) is 5.73. The van der Waals surface area contributed by atoms with Crippen molar-refractivity contribution in [3.63, 3.8) is 0 Å². The van der Waals surface area contributed by atoms with Crippen LogP contribution in [0, 0.1) is 13.8 Å². The zero-order valence-electron chi connectivity index (χ0n) is 11.2. The molecule has 0 aromatic heterocycles. The largest absolute Gasteiger partial charge is 0.294 e. The first-order valence-electron chi connectivity index (χ1n) is 5.72. The van der Waals surface area contributed by atoms with Crippen LogP contribution in [0.25, 0.3) is 0 Å².